The number of carbonyl (C=O) groups is 4. The summed E-state index contributed by atoms with van der Waals surface area (Å²) in [4.78, 5) is 72.1. The fourth-order valence-electron chi connectivity index (χ4n) is 12.9. The second kappa shape index (κ2) is 18.5. The number of hydrazine groups is 1. The Labute approximate surface area is 410 Å². The van der Waals surface area contributed by atoms with Gasteiger partial charge in [0.2, 0.25) is 11.8 Å². The molecule has 11 rings (SSSR count). The van der Waals surface area contributed by atoms with Gasteiger partial charge >= 0.3 is 5.97 Å². The molecule has 1 aromatic carbocycles. The van der Waals surface area contributed by atoms with Gasteiger partial charge in [0.05, 0.1) is 34.7 Å². The van der Waals surface area contributed by atoms with Gasteiger partial charge in [0.1, 0.15) is 18.1 Å². The van der Waals surface area contributed by atoms with Gasteiger partial charge in [0.15, 0.2) is 0 Å². The van der Waals surface area contributed by atoms with Crippen LogP contribution in [0, 0.1) is 22.7 Å². The zero-order valence-corrected chi connectivity index (χ0v) is 42.0. The standard InChI is InChI=1S/C54H71N9O5S/c1-6-62-42-19-18-35-24-37(42)38(48(62)36-14-9-21-55-44(36)32(2)3)26-53(4,5)31-68-52(67)39-15-10-23-63(59-39)50(65)40(25-43-56-41(35)27-69-43)57-49(64)47(34-12-7-8-13-34)60-22-11-20-54(28-60)29-61(30-54)51(66)46-45(58-46)33-16-17-33/h9,14,18-19,21,24,27,32-34,39-40,45-47,58-59H,6-8,10-13,15-17,20,22-23,25-26,28-31H2,1-5H3,(H,57,64)/t39-,40-,45+,46+,47-/m0/s1. The number of nitrogens with one attached hydrogen (secondary N) is 3. The van der Waals surface area contributed by atoms with Crippen molar-refractivity contribution in [2.24, 2.45) is 22.7 Å². The molecule has 0 unspecified atom stereocenters. The van der Waals surface area contributed by atoms with E-state index in [4.69, 9.17) is 14.7 Å². The fraction of sp³-hybridized carbons (Fsp3) is 0.630. The molecule has 6 bridgehead atoms. The van der Waals surface area contributed by atoms with E-state index in [0.29, 0.717) is 37.8 Å². The summed E-state index contributed by atoms with van der Waals surface area (Å²) in [7, 11) is 0. The van der Waals surface area contributed by atoms with Crippen LogP contribution in [0.1, 0.15) is 121 Å². The monoisotopic (exact) mass is 958 g/mol. The third-order valence-corrected chi connectivity index (χ3v) is 17.4. The van der Waals surface area contributed by atoms with Gasteiger partial charge < -0.3 is 19.5 Å². The number of ether oxygens (including phenoxy) is 1. The Morgan fingerprint density at radius 3 is 2.58 bits per heavy atom. The summed E-state index contributed by atoms with van der Waals surface area (Å²) in [5.74, 6) is 0.538. The van der Waals surface area contributed by atoms with Crippen LogP contribution in [-0.4, -0.2) is 123 Å². The van der Waals surface area contributed by atoms with E-state index in [1.165, 1.54) is 29.7 Å². The van der Waals surface area contributed by atoms with Crippen LogP contribution in [0.25, 0.3) is 33.4 Å². The van der Waals surface area contributed by atoms with Crippen molar-refractivity contribution in [3.63, 3.8) is 0 Å². The number of carbonyl (C=O) groups excluding carboxylic acids is 4. The number of likely N-dealkylation sites (tertiary alicyclic amines) is 2. The number of amides is 3. The maximum Gasteiger partial charge on any atom is 0.324 e. The summed E-state index contributed by atoms with van der Waals surface area (Å²) in [6.45, 7) is 15.3. The Morgan fingerprint density at radius 2 is 1.81 bits per heavy atom. The molecule has 4 aromatic rings. The minimum Gasteiger partial charge on any atom is -0.464 e. The zero-order valence-electron chi connectivity index (χ0n) is 41.2. The number of benzene rings is 1. The third kappa shape index (κ3) is 9.14. The van der Waals surface area contributed by atoms with E-state index in [2.05, 4.69) is 89.8 Å². The average Bonchev–Trinajstić information content (AvgIpc) is 4.20. The predicted octanol–water partition coefficient (Wildman–Crippen LogP) is 6.85. The van der Waals surface area contributed by atoms with Crippen molar-refractivity contribution in [2.75, 3.05) is 39.3 Å². The van der Waals surface area contributed by atoms with Gasteiger partial charge in [-0.2, -0.15) is 0 Å². The lowest BCUT2D eigenvalue weighted by molar-refractivity contribution is -0.155. The van der Waals surface area contributed by atoms with Gasteiger partial charge in [-0.15, -0.1) is 11.3 Å². The van der Waals surface area contributed by atoms with Gasteiger partial charge in [-0.05, 0) is 119 Å². The maximum atomic E-state index is 15.1. The van der Waals surface area contributed by atoms with Crippen LogP contribution in [0.15, 0.2) is 41.9 Å². The first kappa shape index (κ1) is 46.7. The molecule has 2 saturated carbocycles. The van der Waals surface area contributed by atoms with Crippen molar-refractivity contribution in [3.05, 3.63) is 58.2 Å². The zero-order chi connectivity index (χ0) is 47.8. The lowest BCUT2D eigenvalue weighted by atomic mass is 9.72. The average molecular weight is 958 g/mol. The number of rotatable bonds is 9. The van der Waals surface area contributed by atoms with Crippen LogP contribution >= 0.6 is 11.3 Å². The third-order valence-electron chi connectivity index (χ3n) is 16.5. The van der Waals surface area contributed by atoms with E-state index in [1.807, 2.05) is 17.2 Å². The quantitative estimate of drug-likeness (QED) is 0.119. The van der Waals surface area contributed by atoms with Crippen LogP contribution in [0.2, 0.25) is 0 Å². The molecule has 15 heteroatoms. The first-order chi connectivity index (χ1) is 33.3. The number of hydrogen-bond acceptors (Lipinski definition) is 11. The Morgan fingerprint density at radius 1 is 1.00 bits per heavy atom. The highest BCUT2D eigenvalue weighted by atomic mass is 32.1. The number of nitrogens with zero attached hydrogens (tertiary/aromatic N) is 6. The topological polar surface area (TPSA) is 164 Å². The molecule has 6 fully saturated rings. The lowest BCUT2D eigenvalue weighted by Gasteiger charge is -2.56. The van der Waals surface area contributed by atoms with Crippen molar-refractivity contribution < 1.29 is 23.9 Å². The summed E-state index contributed by atoms with van der Waals surface area (Å²) >= 11 is 1.51. The summed E-state index contributed by atoms with van der Waals surface area (Å²) < 4.78 is 8.60. The van der Waals surface area contributed by atoms with E-state index in [9.17, 15) is 14.4 Å². The molecule has 1 spiro atoms. The molecule has 3 amide bonds. The van der Waals surface area contributed by atoms with Crippen LogP contribution in [-0.2, 0) is 43.3 Å². The molecular weight excluding hydrogens is 887 g/mol. The molecule has 3 N–H and O–H groups in total. The number of aromatic nitrogens is 3. The lowest BCUT2D eigenvalue weighted by Crippen LogP contribution is -2.68. The van der Waals surface area contributed by atoms with Crippen LogP contribution in [0.5, 0.6) is 0 Å². The number of hydrogen-bond donors (Lipinski definition) is 3. The predicted molar refractivity (Wildman–Crippen MR) is 267 cm³/mol. The Hall–Kier alpha value is -4.70. The molecule has 2 aliphatic carbocycles. The Balaban J connectivity index is 0.907. The van der Waals surface area contributed by atoms with Gasteiger partial charge in [0.25, 0.3) is 5.91 Å². The van der Waals surface area contributed by atoms with Crippen molar-refractivity contribution in [3.8, 4) is 22.5 Å². The first-order valence-corrected chi connectivity index (χ1v) is 27.1. The number of aryl methyl sites for hydroxylation is 1. The Bertz CT molecular complexity index is 2620. The number of pyridine rings is 1. The minimum atomic E-state index is -0.911. The summed E-state index contributed by atoms with van der Waals surface area (Å²) in [6.07, 6.45) is 12.5. The molecule has 5 aliphatic heterocycles. The van der Waals surface area contributed by atoms with E-state index in [1.54, 1.807) is 5.01 Å². The van der Waals surface area contributed by atoms with E-state index < -0.39 is 17.5 Å². The molecule has 0 radical (unpaired) electrons. The molecule has 368 valence electrons. The number of fused-ring (bicyclic) bond motifs is 6. The number of cyclic esters (lactones) is 1. The van der Waals surface area contributed by atoms with Crippen molar-refractivity contribution >= 4 is 45.9 Å². The van der Waals surface area contributed by atoms with Crippen LogP contribution in [0.3, 0.4) is 0 Å². The summed E-state index contributed by atoms with van der Waals surface area (Å²) in [5.41, 5.74) is 10.2. The number of thiazole rings is 1. The van der Waals surface area contributed by atoms with Crippen LogP contribution < -0.4 is 16.1 Å². The highest BCUT2D eigenvalue weighted by Gasteiger charge is 2.57. The first-order valence-electron chi connectivity index (χ1n) is 26.2. The molecule has 4 saturated heterocycles. The maximum absolute atomic E-state index is 15.1. The molecule has 5 atom stereocenters. The largest absolute Gasteiger partial charge is 0.464 e. The highest BCUT2D eigenvalue weighted by Crippen LogP contribution is 2.46. The summed E-state index contributed by atoms with van der Waals surface area (Å²) in [5, 5.41) is 12.3. The molecular formula is C54H71N9O5S. The van der Waals surface area contributed by atoms with Gasteiger partial charge in [-0.3, -0.25) is 39.4 Å². The molecule has 7 aliphatic rings. The van der Waals surface area contributed by atoms with E-state index in [0.717, 1.165) is 115 Å². The van der Waals surface area contributed by atoms with Gasteiger partial charge in [-0.25, -0.2) is 10.4 Å². The van der Waals surface area contributed by atoms with Crippen molar-refractivity contribution in [1.82, 2.24) is 45.4 Å². The van der Waals surface area contributed by atoms with Crippen molar-refractivity contribution in [1.29, 1.82) is 0 Å². The minimum absolute atomic E-state index is 0.0150. The molecule has 3 aromatic heterocycles. The second-order valence-corrected chi connectivity index (χ2v) is 23.8. The molecule has 14 nitrogen and oxygen atoms in total. The van der Waals surface area contributed by atoms with Crippen molar-refractivity contribution in [2.45, 2.75) is 154 Å². The Kier molecular flexibility index (Phi) is 12.5. The normalized spacial score (nSPS) is 26.8. The van der Waals surface area contributed by atoms with Gasteiger partial charge in [-0.1, -0.05) is 46.6 Å². The number of esters is 1. The smallest absolute Gasteiger partial charge is 0.324 e. The number of piperidine rings is 1. The molecule has 8 heterocycles. The SMILES string of the molecule is CCn1c(-c2cccnc2C(C)C)c2c3cc(ccc31)-c1csc(n1)C[C@H](NC(=O)[C@H](C1CCCC1)N1CCCC3(CN(C(=O)[C@@H]4N[C@@H]4C4CC4)C3)C1)C(=O)N1CCC[C@H](N1)C(=O)OCC(C)(C)C2. The van der Waals surface area contributed by atoms with Crippen LogP contribution in [0.4, 0.5) is 0 Å². The highest BCUT2D eigenvalue weighted by molar-refractivity contribution is 7.10. The van der Waals surface area contributed by atoms with E-state index >= 15 is 4.79 Å². The van der Waals surface area contributed by atoms with E-state index in [-0.39, 0.29) is 66.1 Å². The molecule has 69 heavy (non-hydrogen) atoms. The summed E-state index contributed by atoms with van der Waals surface area (Å²) in [6, 6.07) is 9.15. The van der Waals surface area contributed by atoms with Gasteiger partial charge in [0, 0.05) is 89.6 Å². The fourth-order valence-corrected chi connectivity index (χ4v) is 13.7. The second-order valence-electron chi connectivity index (χ2n) is 22.8.